The number of hydrogen-bond acceptors (Lipinski definition) is 8. The number of carboxylic acids is 1. The zero-order valence-corrected chi connectivity index (χ0v) is 21.8. The first-order valence-corrected chi connectivity index (χ1v) is 12.1. The van der Waals surface area contributed by atoms with Crippen LogP contribution in [0.1, 0.15) is 87.0 Å². The molecule has 0 aromatic rings. The number of carboxylic acid groups (broad SMARTS) is 1. The molecule has 1 amide bonds. The van der Waals surface area contributed by atoms with Gasteiger partial charge in [0.05, 0.1) is 12.1 Å². The van der Waals surface area contributed by atoms with Crippen LogP contribution in [0.25, 0.3) is 0 Å². The van der Waals surface area contributed by atoms with Crippen LogP contribution in [0, 0.1) is 0 Å². The van der Waals surface area contributed by atoms with Crippen LogP contribution in [-0.2, 0) is 23.9 Å². The standard InChI is InChI=1S/C25H39N3O7/c1-16(20(30)25(21(31)32)13-10-14-26-27-25)28(22(33)35-24(5,6)7)18-12-9-8-11-17(18)15-19(29)34-23(2,3)4/h14-16,18,27H,8-13H2,1-7H3,(H,31,32)/t16?,18?,25-/m0/s1. The number of Topliss-reactive ketones (excluding diaryl/α,β-unsaturated/α-hetero) is 1. The van der Waals surface area contributed by atoms with E-state index in [4.69, 9.17) is 9.47 Å². The summed E-state index contributed by atoms with van der Waals surface area (Å²) in [7, 11) is 0. The van der Waals surface area contributed by atoms with Crippen molar-refractivity contribution in [1.82, 2.24) is 10.3 Å². The first kappa shape index (κ1) is 28.3. The Morgan fingerprint density at radius 3 is 2.29 bits per heavy atom. The van der Waals surface area contributed by atoms with Gasteiger partial charge in [0.1, 0.15) is 11.2 Å². The van der Waals surface area contributed by atoms with Crippen LogP contribution >= 0.6 is 0 Å². The largest absolute Gasteiger partial charge is 0.479 e. The summed E-state index contributed by atoms with van der Waals surface area (Å²) in [5, 5.41) is 13.8. The molecule has 35 heavy (non-hydrogen) atoms. The smallest absolute Gasteiger partial charge is 0.411 e. The molecular formula is C25H39N3O7. The van der Waals surface area contributed by atoms with Gasteiger partial charge in [-0.05, 0) is 86.1 Å². The number of aliphatic carboxylic acids is 1. The molecule has 0 saturated heterocycles. The molecule has 2 N–H and O–H groups in total. The number of ketones is 1. The maximum Gasteiger partial charge on any atom is 0.411 e. The third-order valence-electron chi connectivity index (χ3n) is 5.85. The number of nitrogens with zero attached hydrogens (tertiary/aromatic N) is 2. The van der Waals surface area contributed by atoms with Crippen molar-refractivity contribution in [1.29, 1.82) is 0 Å². The van der Waals surface area contributed by atoms with Crippen molar-refractivity contribution in [2.75, 3.05) is 0 Å². The molecule has 0 bridgehead atoms. The van der Waals surface area contributed by atoms with Crippen molar-refractivity contribution >= 4 is 30.0 Å². The quantitative estimate of drug-likeness (QED) is 0.326. The van der Waals surface area contributed by atoms with Gasteiger partial charge in [-0.15, -0.1) is 0 Å². The molecule has 1 heterocycles. The number of carbonyl (C=O) groups is 4. The van der Waals surface area contributed by atoms with Gasteiger partial charge in [0.25, 0.3) is 0 Å². The molecule has 0 aromatic carbocycles. The number of hydrazone groups is 1. The summed E-state index contributed by atoms with van der Waals surface area (Å²) < 4.78 is 11.1. The number of nitrogens with one attached hydrogen (secondary N) is 1. The van der Waals surface area contributed by atoms with Crippen LogP contribution in [0.3, 0.4) is 0 Å². The fourth-order valence-corrected chi connectivity index (χ4v) is 4.34. The summed E-state index contributed by atoms with van der Waals surface area (Å²) in [6.07, 6.45) is 5.06. The van der Waals surface area contributed by atoms with E-state index in [0.717, 1.165) is 12.8 Å². The molecule has 2 aliphatic rings. The van der Waals surface area contributed by atoms with Gasteiger partial charge in [-0.1, -0.05) is 6.42 Å². The summed E-state index contributed by atoms with van der Waals surface area (Å²) >= 11 is 0. The monoisotopic (exact) mass is 493 g/mol. The molecule has 0 spiro atoms. The van der Waals surface area contributed by atoms with E-state index in [0.29, 0.717) is 24.8 Å². The maximum absolute atomic E-state index is 13.7. The van der Waals surface area contributed by atoms with Gasteiger partial charge >= 0.3 is 18.0 Å². The average molecular weight is 494 g/mol. The third-order valence-corrected chi connectivity index (χ3v) is 5.85. The Bertz CT molecular complexity index is 898. The van der Waals surface area contributed by atoms with Crippen molar-refractivity contribution in [3.63, 3.8) is 0 Å². The minimum absolute atomic E-state index is 0.00242. The van der Waals surface area contributed by atoms with E-state index >= 15 is 0 Å². The molecule has 0 radical (unpaired) electrons. The second kappa shape index (κ2) is 10.8. The van der Waals surface area contributed by atoms with Gasteiger partial charge in [-0.3, -0.25) is 15.1 Å². The molecule has 1 aliphatic heterocycles. The van der Waals surface area contributed by atoms with Gasteiger partial charge < -0.3 is 14.6 Å². The highest BCUT2D eigenvalue weighted by atomic mass is 16.6. The van der Waals surface area contributed by atoms with Crippen molar-refractivity contribution < 1.29 is 33.8 Å². The van der Waals surface area contributed by atoms with Crippen LogP contribution in [-0.4, -0.2) is 68.9 Å². The fraction of sp³-hybridized carbons (Fsp3) is 0.720. The molecule has 1 saturated carbocycles. The van der Waals surface area contributed by atoms with Crippen LogP contribution in [0.15, 0.2) is 16.8 Å². The van der Waals surface area contributed by atoms with Crippen LogP contribution < -0.4 is 5.43 Å². The van der Waals surface area contributed by atoms with Gasteiger partial charge in [0.2, 0.25) is 5.54 Å². The van der Waals surface area contributed by atoms with Crippen LogP contribution in [0.5, 0.6) is 0 Å². The lowest BCUT2D eigenvalue weighted by molar-refractivity contribution is -0.153. The van der Waals surface area contributed by atoms with E-state index in [-0.39, 0.29) is 6.42 Å². The van der Waals surface area contributed by atoms with Gasteiger partial charge in [-0.2, -0.15) is 5.10 Å². The third kappa shape index (κ3) is 7.29. The fourth-order valence-electron chi connectivity index (χ4n) is 4.34. The highest BCUT2D eigenvalue weighted by Gasteiger charge is 2.52. The molecule has 10 heteroatoms. The van der Waals surface area contributed by atoms with Crippen molar-refractivity contribution in [3.05, 3.63) is 11.6 Å². The van der Waals surface area contributed by atoms with E-state index in [1.807, 2.05) is 0 Å². The van der Waals surface area contributed by atoms with E-state index < -0.39 is 52.6 Å². The summed E-state index contributed by atoms with van der Waals surface area (Å²) in [6.45, 7) is 11.9. The van der Waals surface area contributed by atoms with Crippen molar-refractivity contribution in [2.24, 2.45) is 5.10 Å². The van der Waals surface area contributed by atoms with E-state index in [9.17, 15) is 24.3 Å². The number of esters is 1. The Morgan fingerprint density at radius 1 is 1.14 bits per heavy atom. The average Bonchev–Trinajstić information content (AvgIpc) is 2.72. The summed E-state index contributed by atoms with van der Waals surface area (Å²) in [5.74, 6) is -2.59. The maximum atomic E-state index is 13.7. The zero-order chi connectivity index (χ0) is 26.6. The predicted molar refractivity (Wildman–Crippen MR) is 130 cm³/mol. The Hall–Kier alpha value is -2.91. The van der Waals surface area contributed by atoms with Crippen molar-refractivity contribution in [3.8, 4) is 0 Å². The molecule has 10 nitrogen and oxygen atoms in total. The van der Waals surface area contributed by atoms with E-state index in [1.54, 1.807) is 41.5 Å². The van der Waals surface area contributed by atoms with Crippen LogP contribution in [0.2, 0.25) is 0 Å². The summed E-state index contributed by atoms with van der Waals surface area (Å²) in [4.78, 5) is 53.2. The molecule has 1 fully saturated rings. The number of amides is 1. The second-order valence-corrected chi connectivity index (χ2v) is 11.1. The highest BCUT2D eigenvalue weighted by Crippen LogP contribution is 2.33. The zero-order valence-electron chi connectivity index (χ0n) is 21.8. The van der Waals surface area contributed by atoms with Gasteiger partial charge in [0.15, 0.2) is 5.78 Å². The number of ether oxygens (including phenoxy) is 2. The van der Waals surface area contributed by atoms with E-state index in [2.05, 4.69) is 10.5 Å². The molecule has 2 unspecified atom stereocenters. The minimum atomic E-state index is -1.96. The molecule has 2 rings (SSSR count). The minimum Gasteiger partial charge on any atom is -0.479 e. The van der Waals surface area contributed by atoms with Gasteiger partial charge in [0, 0.05) is 12.3 Å². The lowest BCUT2D eigenvalue weighted by Crippen LogP contribution is -2.64. The molecule has 0 aromatic heterocycles. The Kier molecular flexibility index (Phi) is 8.73. The highest BCUT2D eigenvalue weighted by molar-refractivity contribution is 6.11. The lowest BCUT2D eigenvalue weighted by Gasteiger charge is -2.42. The van der Waals surface area contributed by atoms with E-state index in [1.165, 1.54) is 24.1 Å². The molecular weight excluding hydrogens is 454 g/mol. The Morgan fingerprint density at radius 2 is 1.77 bits per heavy atom. The summed E-state index contributed by atoms with van der Waals surface area (Å²) in [5.41, 5.74) is -0.367. The number of carbonyl (C=O) groups excluding carboxylic acids is 3. The normalized spacial score (nSPS) is 24.8. The summed E-state index contributed by atoms with van der Waals surface area (Å²) in [6, 6.07) is -1.78. The first-order valence-electron chi connectivity index (χ1n) is 12.1. The molecule has 1 aliphatic carbocycles. The molecule has 196 valence electrons. The van der Waals surface area contributed by atoms with Crippen LogP contribution in [0.4, 0.5) is 4.79 Å². The SMILES string of the molecule is CC(C(=O)[C@]1(C(=O)O)CCC=NN1)N(C(=O)OC(C)(C)C)C1CCCCC1=CC(=O)OC(C)(C)C. The predicted octanol–water partition coefficient (Wildman–Crippen LogP) is 3.58. The Balaban J connectivity index is 2.50. The topological polar surface area (TPSA) is 135 Å². The Labute approximate surface area is 207 Å². The number of hydrogen-bond donors (Lipinski definition) is 2. The molecule has 3 atom stereocenters. The first-order chi connectivity index (χ1) is 16.1. The van der Waals surface area contributed by atoms with Crippen molar-refractivity contribution in [2.45, 2.75) is 116 Å². The van der Waals surface area contributed by atoms with Gasteiger partial charge in [-0.25, -0.2) is 14.4 Å². The second-order valence-electron chi connectivity index (χ2n) is 11.1. The lowest BCUT2D eigenvalue weighted by atomic mass is 9.82. The number of rotatable bonds is 6.